The van der Waals surface area contributed by atoms with E-state index in [2.05, 4.69) is 0 Å². The highest BCUT2D eigenvalue weighted by atomic mass is 35.5. The van der Waals surface area contributed by atoms with Crippen molar-refractivity contribution in [3.05, 3.63) is 30.0 Å². The monoisotopic (exact) mass is 281 g/mol. The van der Waals surface area contributed by atoms with Crippen molar-refractivity contribution >= 4 is 34.4 Å². The lowest BCUT2D eigenvalue weighted by atomic mass is 10.1. The molecule has 1 aromatic carbocycles. The number of methoxy groups -OCH3 is 1. The molecule has 0 fully saturated rings. The van der Waals surface area contributed by atoms with Gasteiger partial charge in [-0.25, -0.2) is 4.79 Å². The molecule has 5 nitrogen and oxygen atoms in total. The fourth-order valence-corrected chi connectivity index (χ4v) is 1.92. The fraction of sp³-hybridized carbons (Fsp3) is 0.231. The van der Waals surface area contributed by atoms with Crippen molar-refractivity contribution in [1.29, 1.82) is 0 Å². The number of hydrogen-bond acceptors (Lipinski definition) is 4. The van der Waals surface area contributed by atoms with Gasteiger partial charge in [0, 0.05) is 24.1 Å². The van der Waals surface area contributed by atoms with Crippen LogP contribution < -0.4 is 4.74 Å². The Morgan fingerprint density at radius 1 is 1.37 bits per heavy atom. The second-order valence-corrected chi connectivity index (χ2v) is 4.20. The second-order valence-electron chi connectivity index (χ2n) is 3.93. The van der Waals surface area contributed by atoms with Gasteiger partial charge in [-0.1, -0.05) is 0 Å². The zero-order chi connectivity index (χ0) is 14.0. The number of benzene rings is 1. The first-order valence-corrected chi connectivity index (χ1v) is 6.04. The normalized spacial score (nSPS) is 10.5. The summed E-state index contributed by atoms with van der Waals surface area (Å²) in [5, 5.41) is 0.661. The van der Waals surface area contributed by atoms with Gasteiger partial charge in [-0.05, 0) is 18.2 Å². The molecule has 1 heterocycles. The summed E-state index contributed by atoms with van der Waals surface area (Å²) in [7, 11) is 3.14. The van der Waals surface area contributed by atoms with Crippen molar-refractivity contribution in [2.24, 2.45) is 7.05 Å². The SMILES string of the molecule is COC(=O)c1cn(C)c2ccc(OC(=O)CCl)cc12. The van der Waals surface area contributed by atoms with Crippen molar-refractivity contribution < 1.29 is 19.1 Å². The van der Waals surface area contributed by atoms with Gasteiger partial charge in [-0.2, -0.15) is 0 Å². The Bertz CT molecular complexity index is 647. The van der Waals surface area contributed by atoms with E-state index in [0.717, 1.165) is 5.52 Å². The Morgan fingerprint density at radius 3 is 2.74 bits per heavy atom. The zero-order valence-corrected chi connectivity index (χ0v) is 11.2. The standard InChI is InChI=1S/C13H12ClNO4/c1-15-7-10(13(17)18-2)9-5-8(3-4-11(9)15)19-12(16)6-14/h3-5,7H,6H2,1-2H3. The Balaban J connectivity index is 2.51. The van der Waals surface area contributed by atoms with Gasteiger partial charge < -0.3 is 14.0 Å². The van der Waals surface area contributed by atoms with E-state index >= 15 is 0 Å². The zero-order valence-electron chi connectivity index (χ0n) is 10.5. The van der Waals surface area contributed by atoms with E-state index in [-0.39, 0.29) is 5.88 Å². The van der Waals surface area contributed by atoms with Crippen LogP contribution in [0, 0.1) is 0 Å². The number of halogens is 1. The van der Waals surface area contributed by atoms with E-state index < -0.39 is 11.9 Å². The molecule has 0 bridgehead atoms. The summed E-state index contributed by atoms with van der Waals surface area (Å²) < 4.78 is 11.5. The lowest BCUT2D eigenvalue weighted by molar-refractivity contribution is -0.131. The molecule has 100 valence electrons. The lowest BCUT2D eigenvalue weighted by Gasteiger charge is -2.03. The van der Waals surface area contributed by atoms with Crippen molar-refractivity contribution in [3.63, 3.8) is 0 Å². The van der Waals surface area contributed by atoms with Crippen LogP contribution in [0.4, 0.5) is 0 Å². The van der Waals surface area contributed by atoms with Gasteiger partial charge in [0.05, 0.1) is 12.7 Å². The number of aryl methyl sites for hydroxylation is 1. The van der Waals surface area contributed by atoms with Gasteiger partial charge in [0.15, 0.2) is 0 Å². The molecule has 0 atom stereocenters. The molecule has 0 spiro atoms. The van der Waals surface area contributed by atoms with Crippen molar-refractivity contribution in [3.8, 4) is 5.75 Å². The summed E-state index contributed by atoms with van der Waals surface area (Å²) in [5.41, 5.74) is 1.26. The summed E-state index contributed by atoms with van der Waals surface area (Å²) >= 11 is 5.38. The van der Waals surface area contributed by atoms with Gasteiger partial charge in [0.2, 0.25) is 0 Å². The lowest BCUT2D eigenvalue weighted by Crippen LogP contribution is -2.08. The van der Waals surface area contributed by atoms with E-state index in [1.165, 1.54) is 7.11 Å². The molecule has 0 aliphatic rings. The van der Waals surface area contributed by atoms with E-state index in [1.807, 2.05) is 7.05 Å². The number of fused-ring (bicyclic) bond motifs is 1. The summed E-state index contributed by atoms with van der Waals surface area (Å²) in [4.78, 5) is 22.8. The predicted octanol–water partition coefficient (Wildman–Crippen LogP) is 2.11. The van der Waals surface area contributed by atoms with Crippen LogP contribution in [0.3, 0.4) is 0 Å². The van der Waals surface area contributed by atoms with Gasteiger partial charge in [0.25, 0.3) is 0 Å². The smallest absolute Gasteiger partial charge is 0.340 e. The number of carbonyl (C=O) groups excluding carboxylic acids is 2. The van der Waals surface area contributed by atoms with Gasteiger partial charge >= 0.3 is 11.9 Å². The molecule has 0 aliphatic heterocycles. The molecule has 0 amide bonds. The molecule has 1 aromatic heterocycles. The number of alkyl halides is 1. The maximum Gasteiger partial charge on any atom is 0.340 e. The van der Waals surface area contributed by atoms with E-state index in [4.69, 9.17) is 21.1 Å². The molecule has 0 aliphatic carbocycles. The number of carbonyl (C=O) groups is 2. The van der Waals surface area contributed by atoms with E-state index in [9.17, 15) is 9.59 Å². The molecule has 0 radical (unpaired) electrons. The van der Waals surface area contributed by atoms with Crippen molar-refractivity contribution in [2.75, 3.05) is 13.0 Å². The van der Waals surface area contributed by atoms with Crippen LogP contribution in [0.25, 0.3) is 10.9 Å². The minimum absolute atomic E-state index is 0.226. The molecular weight excluding hydrogens is 270 g/mol. The Labute approximate surface area is 114 Å². The molecule has 19 heavy (non-hydrogen) atoms. The Morgan fingerprint density at radius 2 is 2.11 bits per heavy atom. The summed E-state index contributed by atoms with van der Waals surface area (Å²) in [5.74, 6) is -0.867. The highest BCUT2D eigenvalue weighted by Gasteiger charge is 2.15. The van der Waals surface area contributed by atoms with Crippen LogP contribution in [-0.2, 0) is 16.6 Å². The van der Waals surface area contributed by atoms with Crippen molar-refractivity contribution in [1.82, 2.24) is 4.57 Å². The van der Waals surface area contributed by atoms with Crippen LogP contribution in [0.5, 0.6) is 5.75 Å². The number of aromatic nitrogens is 1. The first-order valence-electron chi connectivity index (χ1n) is 5.51. The predicted molar refractivity (Wildman–Crippen MR) is 70.6 cm³/mol. The molecular formula is C13H12ClNO4. The molecule has 0 unspecified atom stereocenters. The number of ether oxygens (including phenoxy) is 2. The third kappa shape index (κ3) is 2.56. The minimum atomic E-state index is -0.545. The van der Waals surface area contributed by atoms with E-state index in [1.54, 1.807) is 29.0 Å². The maximum absolute atomic E-state index is 11.7. The van der Waals surface area contributed by atoms with Crippen LogP contribution in [0.15, 0.2) is 24.4 Å². The minimum Gasteiger partial charge on any atom is -0.465 e. The summed E-state index contributed by atoms with van der Waals surface area (Å²) in [6, 6.07) is 5.03. The first-order chi connectivity index (χ1) is 9.06. The van der Waals surface area contributed by atoms with E-state index in [0.29, 0.717) is 16.7 Å². The first kappa shape index (κ1) is 13.4. The quantitative estimate of drug-likeness (QED) is 0.491. The number of nitrogens with zero attached hydrogens (tertiary/aromatic N) is 1. The number of hydrogen-bond donors (Lipinski definition) is 0. The third-order valence-corrected chi connectivity index (χ3v) is 2.93. The van der Waals surface area contributed by atoms with Crippen molar-refractivity contribution in [2.45, 2.75) is 0 Å². The Hall–Kier alpha value is -2.01. The molecule has 2 aromatic rings. The maximum atomic E-state index is 11.7. The molecule has 2 rings (SSSR count). The number of rotatable bonds is 3. The topological polar surface area (TPSA) is 57.5 Å². The second kappa shape index (κ2) is 5.32. The van der Waals surface area contributed by atoms with Gasteiger partial charge in [-0.3, -0.25) is 4.79 Å². The Kier molecular flexibility index (Phi) is 3.76. The van der Waals surface area contributed by atoms with Crippen LogP contribution in [-0.4, -0.2) is 29.5 Å². The molecule has 0 saturated heterocycles. The summed E-state index contributed by atoms with van der Waals surface area (Å²) in [6.07, 6.45) is 1.67. The highest BCUT2D eigenvalue weighted by Crippen LogP contribution is 2.26. The largest absolute Gasteiger partial charge is 0.465 e. The highest BCUT2D eigenvalue weighted by molar-refractivity contribution is 6.26. The third-order valence-electron chi connectivity index (χ3n) is 2.71. The number of esters is 2. The van der Waals surface area contributed by atoms with Crippen LogP contribution >= 0.6 is 11.6 Å². The molecule has 0 N–H and O–H groups in total. The summed E-state index contributed by atoms with van der Waals surface area (Å²) in [6.45, 7) is 0. The van der Waals surface area contributed by atoms with Crippen LogP contribution in [0.2, 0.25) is 0 Å². The average molecular weight is 282 g/mol. The average Bonchev–Trinajstić information content (AvgIpc) is 2.74. The van der Waals surface area contributed by atoms with Gasteiger partial charge in [-0.15, -0.1) is 11.6 Å². The molecule has 6 heteroatoms. The molecule has 0 saturated carbocycles. The van der Waals surface area contributed by atoms with Gasteiger partial charge in [0.1, 0.15) is 11.6 Å². The van der Waals surface area contributed by atoms with Crippen LogP contribution in [0.1, 0.15) is 10.4 Å². The fourth-order valence-electron chi connectivity index (χ4n) is 1.87.